The first kappa shape index (κ1) is 18.5. The van der Waals surface area contributed by atoms with Crippen LogP contribution in [0.5, 0.6) is 0 Å². The maximum Gasteiger partial charge on any atom is 0.375 e. The van der Waals surface area contributed by atoms with E-state index in [9.17, 15) is 14.7 Å². The van der Waals surface area contributed by atoms with Crippen molar-refractivity contribution in [3.63, 3.8) is 0 Å². The molecule has 2 N–H and O–H groups in total. The summed E-state index contributed by atoms with van der Waals surface area (Å²) in [6, 6.07) is 6.34. The highest BCUT2D eigenvalue weighted by atomic mass is 35.5. The quantitative estimate of drug-likeness (QED) is 0.804. The zero-order chi connectivity index (χ0) is 18.7. The molecule has 0 bridgehead atoms. The average molecular weight is 377 g/mol. The van der Waals surface area contributed by atoms with Crippen LogP contribution >= 0.6 is 11.6 Å². The molecular formula is C19H21ClN2O4. The van der Waals surface area contributed by atoms with Gasteiger partial charge in [-0.1, -0.05) is 48.2 Å². The summed E-state index contributed by atoms with van der Waals surface area (Å²) in [5.74, 6) is -1.53. The maximum absolute atomic E-state index is 12.6. The van der Waals surface area contributed by atoms with Gasteiger partial charge in [0.1, 0.15) is 5.69 Å². The van der Waals surface area contributed by atoms with Gasteiger partial charge in [0.05, 0.1) is 11.6 Å². The number of aromatic carboxylic acids is 1. The normalized spacial score (nSPS) is 16.2. The Morgan fingerprint density at radius 3 is 2.50 bits per heavy atom. The van der Waals surface area contributed by atoms with Gasteiger partial charge in [0.2, 0.25) is 11.7 Å². The summed E-state index contributed by atoms with van der Waals surface area (Å²) in [7, 11) is 0. The number of halogens is 1. The van der Waals surface area contributed by atoms with Gasteiger partial charge in [0.15, 0.2) is 0 Å². The first-order valence-electron chi connectivity index (χ1n) is 8.76. The molecule has 1 aliphatic carbocycles. The van der Waals surface area contributed by atoms with Crippen molar-refractivity contribution in [2.45, 2.75) is 45.1 Å². The molecule has 0 radical (unpaired) electrons. The van der Waals surface area contributed by atoms with Gasteiger partial charge in [-0.05, 0) is 31.9 Å². The number of hydrogen-bond donors (Lipinski definition) is 2. The van der Waals surface area contributed by atoms with Crippen LogP contribution in [0.3, 0.4) is 0 Å². The number of hydrogen-bond acceptors (Lipinski definition) is 4. The van der Waals surface area contributed by atoms with E-state index in [-0.39, 0.29) is 17.6 Å². The Kier molecular flexibility index (Phi) is 5.61. The SMILES string of the molecule is C[C@@H](NC(=O)C1CCCCC1)c1c(-c2ccc(Cl)cc2)noc1C(=O)O. The predicted molar refractivity (Wildman–Crippen MR) is 97.0 cm³/mol. The number of benzene rings is 1. The third-order valence-corrected chi connectivity index (χ3v) is 5.06. The van der Waals surface area contributed by atoms with E-state index in [1.165, 1.54) is 0 Å². The minimum absolute atomic E-state index is 0.0154. The van der Waals surface area contributed by atoms with Gasteiger partial charge in [0.25, 0.3) is 0 Å². The van der Waals surface area contributed by atoms with Gasteiger partial charge in [-0.2, -0.15) is 0 Å². The molecule has 1 aliphatic rings. The second-order valence-corrected chi connectivity index (χ2v) is 7.09. The smallest absolute Gasteiger partial charge is 0.375 e. The van der Waals surface area contributed by atoms with Crippen LogP contribution in [0.1, 0.15) is 61.2 Å². The van der Waals surface area contributed by atoms with Gasteiger partial charge in [0, 0.05) is 16.5 Å². The maximum atomic E-state index is 12.6. The standard InChI is InChI=1S/C19H21ClN2O4/c1-11(21-18(23)13-5-3-2-4-6-13)15-16(22-26-17(15)19(24)25)12-7-9-14(20)10-8-12/h7-11,13H,2-6H2,1H3,(H,21,23)(H,24,25)/t11-/m1/s1. The van der Waals surface area contributed by atoms with E-state index < -0.39 is 12.0 Å². The largest absolute Gasteiger partial charge is 0.475 e. The third kappa shape index (κ3) is 3.90. The molecule has 0 aliphatic heterocycles. The lowest BCUT2D eigenvalue weighted by molar-refractivity contribution is -0.126. The topological polar surface area (TPSA) is 92.4 Å². The molecule has 1 fully saturated rings. The highest BCUT2D eigenvalue weighted by molar-refractivity contribution is 6.30. The average Bonchev–Trinajstić information content (AvgIpc) is 3.08. The summed E-state index contributed by atoms with van der Waals surface area (Å²) in [4.78, 5) is 24.1. The summed E-state index contributed by atoms with van der Waals surface area (Å²) < 4.78 is 5.06. The van der Waals surface area contributed by atoms with E-state index in [0.29, 0.717) is 21.8 Å². The number of nitrogens with zero attached hydrogens (tertiary/aromatic N) is 1. The molecule has 1 aromatic carbocycles. The zero-order valence-corrected chi connectivity index (χ0v) is 15.3. The summed E-state index contributed by atoms with van der Waals surface area (Å²) in [6.45, 7) is 1.75. The number of rotatable bonds is 5. The van der Waals surface area contributed by atoms with Crippen molar-refractivity contribution in [2.24, 2.45) is 5.92 Å². The monoisotopic (exact) mass is 376 g/mol. The molecule has 1 atom stereocenters. The molecule has 0 saturated heterocycles. The highest BCUT2D eigenvalue weighted by Crippen LogP contribution is 2.32. The second-order valence-electron chi connectivity index (χ2n) is 6.65. The lowest BCUT2D eigenvalue weighted by Gasteiger charge is -2.23. The number of carbonyl (C=O) groups is 2. The minimum atomic E-state index is -1.22. The van der Waals surface area contributed by atoms with Crippen LogP contribution in [0.4, 0.5) is 0 Å². The lowest BCUT2D eigenvalue weighted by atomic mass is 9.88. The van der Waals surface area contributed by atoms with Crippen molar-refractivity contribution in [1.82, 2.24) is 10.5 Å². The van der Waals surface area contributed by atoms with Gasteiger partial charge in [-0.3, -0.25) is 4.79 Å². The molecule has 138 valence electrons. The number of carboxylic acid groups (broad SMARTS) is 1. The number of amides is 1. The van der Waals surface area contributed by atoms with Crippen molar-refractivity contribution in [3.8, 4) is 11.3 Å². The van der Waals surface area contributed by atoms with E-state index in [1.807, 2.05) is 0 Å². The van der Waals surface area contributed by atoms with E-state index in [2.05, 4.69) is 10.5 Å². The summed E-state index contributed by atoms with van der Waals surface area (Å²) >= 11 is 5.92. The van der Waals surface area contributed by atoms with Gasteiger partial charge >= 0.3 is 5.97 Å². The second kappa shape index (κ2) is 7.91. The Morgan fingerprint density at radius 2 is 1.88 bits per heavy atom. The molecule has 3 rings (SSSR count). The number of aromatic nitrogens is 1. The number of carboxylic acids is 1. The predicted octanol–water partition coefficient (Wildman–Crippen LogP) is 4.45. The van der Waals surface area contributed by atoms with Crippen LogP contribution in [0.15, 0.2) is 28.8 Å². The molecule has 1 saturated carbocycles. The lowest BCUT2D eigenvalue weighted by Crippen LogP contribution is -2.34. The third-order valence-electron chi connectivity index (χ3n) is 4.81. The molecule has 1 aromatic heterocycles. The molecular weight excluding hydrogens is 356 g/mol. The Balaban J connectivity index is 1.88. The van der Waals surface area contributed by atoms with Gasteiger partial charge in [-0.25, -0.2) is 4.79 Å². The van der Waals surface area contributed by atoms with Crippen molar-refractivity contribution >= 4 is 23.5 Å². The highest BCUT2D eigenvalue weighted by Gasteiger charge is 2.30. The van der Waals surface area contributed by atoms with E-state index in [4.69, 9.17) is 16.1 Å². The molecule has 1 amide bonds. The first-order valence-corrected chi connectivity index (χ1v) is 9.14. The van der Waals surface area contributed by atoms with Crippen LogP contribution < -0.4 is 5.32 Å². The van der Waals surface area contributed by atoms with E-state index in [0.717, 1.165) is 32.1 Å². The molecule has 26 heavy (non-hydrogen) atoms. The molecule has 0 unspecified atom stereocenters. The van der Waals surface area contributed by atoms with E-state index in [1.54, 1.807) is 31.2 Å². The molecule has 2 aromatic rings. The Bertz CT molecular complexity index is 794. The number of nitrogens with one attached hydrogen (secondary N) is 1. The van der Waals surface area contributed by atoms with E-state index >= 15 is 0 Å². The van der Waals surface area contributed by atoms with Gasteiger partial charge < -0.3 is 14.9 Å². The van der Waals surface area contributed by atoms with Crippen LogP contribution in [0, 0.1) is 5.92 Å². The summed E-state index contributed by atoms with van der Waals surface area (Å²) in [5.41, 5.74) is 1.44. The van der Waals surface area contributed by atoms with Gasteiger partial charge in [-0.15, -0.1) is 0 Å². The Hall–Kier alpha value is -2.34. The first-order chi connectivity index (χ1) is 12.5. The zero-order valence-electron chi connectivity index (χ0n) is 14.5. The van der Waals surface area contributed by atoms with Crippen LogP contribution in [-0.2, 0) is 4.79 Å². The molecule has 7 heteroatoms. The summed E-state index contributed by atoms with van der Waals surface area (Å²) in [5, 5.41) is 16.9. The van der Waals surface area contributed by atoms with Crippen molar-refractivity contribution in [2.75, 3.05) is 0 Å². The molecule has 1 heterocycles. The fraction of sp³-hybridized carbons (Fsp3) is 0.421. The fourth-order valence-electron chi connectivity index (χ4n) is 3.44. The van der Waals surface area contributed by atoms with Crippen molar-refractivity contribution in [1.29, 1.82) is 0 Å². The fourth-order valence-corrected chi connectivity index (χ4v) is 3.56. The number of carbonyl (C=O) groups excluding carboxylic acids is 1. The van der Waals surface area contributed by atoms with Crippen LogP contribution in [0.25, 0.3) is 11.3 Å². The Labute approximate surface area is 156 Å². The van der Waals surface area contributed by atoms with Crippen LogP contribution in [0.2, 0.25) is 5.02 Å². The van der Waals surface area contributed by atoms with Crippen molar-refractivity contribution in [3.05, 3.63) is 40.6 Å². The molecule has 6 nitrogen and oxygen atoms in total. The van der Waals surface area contributed by atoms with Crippen LogP contribution in [-0.4, -0.2) is 22.1 Å². The summed E-state index contributed by atoms with van der Waals surface area (Å²) in [6.07, 6.45) is 5.01. The van der Waals surface area contributed by atoms with Crippen molar-refractivity contribution < 1.29 is 19.2 Å². The molecule has 0 spiro atoms. The Morgan fingerprint density at radius 1 is 1.23 bits per heavy atom. The minimum Gasteiger partial charge on any atom is -0.475 e.